The lowest BCUT2D eigenvalue weighted by atomic mass is 10.1. The molecule has 96 valence electrons. The van der Waals surface area contributed by atoms with Crippen LogP contribution in [0.2, 0.25) is 5.02 Å². The quantitative estimate of drug-likeness (QED) is 0.879. The third-order valence-corrected chi connectivity index (χ3v) is 4.45. The molecule has 2 fully saturated rings. The Morgan fingerprint density at radius 1 is 1.28 bits per heavy atom. The number of benzene rings is 1. The Bertz CT molecular complexity index is 447. The van der Waals surface area contributed by atoms with Gasteiger partial charge in [-0.15, -0.1) is 0 Å². The molecule has 2 aliphatic rings. The summed E-state index contributed by atoms with van der Waals surface area (Å²) < 4.78 is 0. The number of halogens is 1. The van der Waals surface area contributed by atoms with Crippen molar-refractivity contribution in [2.45, 2.75) is 18.9 Å². The minimum absolute atomic E-state index is 0.0443. The van der Waals surface area contributed by atoms with Gasteiger partial charge in [0.2, 0.25) is 0 Å². The Morgan fingerprint density at radius 2 is 1.89 bits per heavy atom. The third-order valence-electron chi connectivity index (χ3n) is 4.20. The number of carbonyl (C=O) groups excluding carboxylic acids is 1. The molecule has 1 aromatic carbocycles. The van der Waals surface area contributed by atoms with Crippen molar-refractivity contribution in [2.75, 3.05) is 6.54 Å². The number of amides is 1. The van der Waals surface area contributed by atoms with Gasteiger partial charge in [-0.1, -0.05) is 11.6 Å². The molecule has 2 aliphatic carbocycles. The van der Waals surface area contributed by atoms with Gasteiger partial charge < -0.3 is 10.4 Å². The van der Waals surface area contributed by atoms with Crippen molar-refractivity contribution in [1.82, 2.24) is 5.32 Å². The van der Waals surface area contributed by atoms with E-state index >= 15 is 0 Å². The summed E-state index contributed by atoms with van der Waals surface area (Å²) >= 11 is 5.78. The fourth-order valence-electron chi connectivity index (χ4n) is 3.16. The molecule has 18 heavy (non-hydrogen) atoms. The standard InChI is InChI=1S/C14H16ClNO2/c15-9-3-1-8(2-4-9)14(18)16-7-13-11-5-10(17)6-12(11)13/h1-4,10-13,17H,5-7H2,(H,16,18)/t10-,11-,12+,13+. The fraction of sp³-hybridized carbons (Fsp3) is 0.500. The van der Waals surface area contributed by atoms with E-state index in [-0.39, 0.29) is 12.0 Å². The highest BCUT2D eigenvalue weighted by molar-refractivity contribution is 6.30. The summed E-state index contributed by atoms with van der Waals surface area (Å²) in [5.41, 5.74) is 0.644. The summed E-state index contributed by atoms with van der Waals surface area (Å²) in [4.78, 5) is 11.9. The molecule has 0 saturated heterocycles. The van der Waals surface area contributed by atoms with E-state index in [9.17, 15) is 9.90 Å². The number of aliphatic hydroxyl groups excluding tert-OH is 1. The predicted octanol–water partition coefficient (Wildman–Crippen LogP) is 2.09. The van der Waals surface area contributed by atoms with Gasteiger partial charge in [-0.2, -0.15) is 0 Å². The molecule has 1 aromatic rings. The maximum absolute atomic E-state index is 11.9. The van der Waals surface area contributed by atoms with Crippen LogP contribution in [0.15, 0.2) is 24.3 Å². The van der Waals surface area contributed by atoms with Gasteiger partial charge in [0.15, 0.2) is 0 Å². The zero-order chi connectivity index (χ0) is 12.7. The van der Waals surface area contributed by atoms with Crippen LogP contribution in [0.1, 0.15) is 23.2 Å². The molecule has 0 unspecified atom stereocenters. The van der Waals surface area contributed by atoms with E-state index in [1.54, 1.807) is 24.3 Å². The zero-order valence-corrected chi connectivity index (χ0v) is 10.7. The Hall–Kier alpha value is -1.06. The van der Waals surface area contributed by atoms with Crippen LogP contribution in [0.25, 0.3) is 0 Å². The normalized spacial score (nSPS) is 33.0. The predicted molar refractivity (Wildman–Crippen MR) is 69.5 cm³/mol. The van der Waals surface area contributed by atoms with Crippen molar-refractivity contribution in [3.63, 3.8) is 0 Å². The lowest BCUT2D eigenvalue weighted by Crippen LogP contribution is -2.27. The number of fused-ring (bicyclic) bond motifs is 1. The molecule has 2 saturated carbocycles. The van der Waals surface area contributed by atoms with E-state index < -0.39 is 0 Å². The van der Waals surface area contributed by atoms with Crippen LogP contribution >= 0.6 is 11.6 Å². The van der Waals surface area contributed by atoms with Crippen LogP contribution in [0.5, 0.6) is 0 Å². The van der Waals surface area contributed by atoms with Crippen molar-refractivity contribution in [3.8, 4) is 0 Å². The molecule has 0 spiro atoms. The summed E-state index contributed by atoms with van der Waals surface area (Å²) in [6, 6.07) is 6.90. The molecule has 0 bridgehead atoms. The first-order valence-corrected chi connectivity index (χ1v) is 6.75. The van der Waals surface area contributed by atoms with E-state index in [1.807, 2.05) is 0 Å². The Morgan fingerprint density at radius 3 is 2.50 bits per heavy atom. The fourth-order valence-corrected chi connectivity index (χ4v) is 3.29. The highest BCUT2D eigenvalue weighted by Crippen LogP contribution is 2.57. The molecule has 3 rings (SSSR count). The summed E-state index contributed by atoms with van der Waals surface area (Å²) in [5, 5.41) is 13.0. The second-order valence-corrected chi connectivity index (χ2v) is 5.77. The molecule has 2 N–H and O–H groups in total. The second-order valence-electron chi connectivity index (χ2n) is 5.33. The number of aliphatic hydroxyl groups is 1. The van der Waals surface area contributed by atoms with Crippen LogP contribution in [0.3, 0.4) is 0 Å². The molecule has 0 radical (unpaired) electrons. The van der Waals surface area contributed by atoms with Crippen LogP contribution in [0, 0.1) is 17.8 Å². The SMILES string of the molecule is O=C(NC[C@@H]1[C@H]2C[C@H](O)C[C@@H]12)c1ccc(Cl)cc1. The Balaban J connectivity index is 1.50. The number of hydrogen-bond donors (Lipinski definition) is 2. The van der Waals surface area contributed by atoms with E-state index in [4.69, 9.17) is 11.6 Å². The molecule has 4 atom stereocenters. The van der Waals surface area contributed by atoms with Gasteiger partial charge in [0, 0.05) is 17.1 Å². The molecule has 1 amide bonds. The number of hydrogen-bond acceptors (Lipinski definition) is 2. The van der Waals surface area contributed by atoms with Gasteiger partial charge in [0.05, 0.1) is 6.10 Å². The first kappa shape index (κ1) is 12.0. The maximum atomic E-state index is 11.9. The minimum Gasteiger partial charge on any atom is -0.393 e. The summed E-state index contributed by atoms with van der Waals surface area (Å²) in [6.07, 6.45) is 1.71. The van der Waals surface area contributed by atoms with Gasteiger partial charge in [-0.05, 0) is 54.9 Å². The van der Waals surface area contributed by atoms with E-state index in [0.717, 1.165) is 19.4 Å². The van der Waals surface area contributed by atoms with E-state index in [2.05, 4.69) is 5.32 Å². The van der Waals surface area contributed by atoms with Gasteiger partial charge in [-0.25, -0.2) is 0 Å². The molecule has 3 nitrogen and oxygen atoms in total. The molecule has 0 aromatic heterocycles. The van der Waals surface area contributed by atoms with Crippen LogP contribution in [-0.4, -0.2) is 23.7 Å². The van der Waals surface area contributed by atoms with E-state index in [0.29, 0.717) is 28.3 Å². The van der Waals surface area contributed by atoms with Gasteiger partial charge >= 0.3 is 0 Å². The number of nitrogens with one attached hydrogen (secondary N) is 1. The van der Waals surface area contributed by atoms with Crippen molar-refractivity contribution in [3.05, 3.63) is 34.9 Å². The van der Waals surface area contributed by atoms with Crippen LogP contribution in [-0.2, 0) is 0 Å². The van der Waals surface area contributed by atoms with Crippen LogP contribution < -0.4 is 5.32 Å². The lowest BCUT2D eigenvalue weighted by molar-refractivity contribution is 0.0948. The monoisotopic (exact) mass is 265 g/mol. The topological polar surface area (TPSA) is 49.3 Å². The average molecular weight is 266 g/mol. The first-order chi connectivity index (χ1) is 8.65. The Kier molecular flexibility index (Phi) is 3.04. The summed E-state index contributed by atoms with van der Waals surface area (Å²) in [7, 11) is 0. The van der Waals surface area contributed by atoms with Crippen molar-refractivity contribution < 1.29 is 9.90 Å². The third kappa shape index (κ3) is 2.25. The second kappa shape index (κ2) is 4.56. The van der Waals surface area contributed by atoms with Gasteiger partial charge in [0.1, 0.15) is 0 Å². The summed E-state index contributed by atoms with van der Waals surface area (Å²) in [5.74, 6) is 1.79. The number of carbonyl (C=O) groups is 1. The van der Waals surface area contributed by atoms with Crippen molar-refractivity contribution >= 4 is 17.5 Å². The Labute approximate surface area is 111 Å². The van der Waals surface area contributed by atoms with Crippen molar-refractivity contribution in [2.24, 2.45) is 17.8 Å². The largest absolute Gasteiger partial charge is 0.393 e. The maximum Gasteiger partial charge on any atom is 0.251 e. The zero-order valence-electron chi connectivity index (χ0n) is 9.97. The lowest BCUT2D eigenvalue weighted by Gasteiger charge is -2.09. The summed E-state index contributed by atoms with van der Waals surface area (Å²) in [6.45, 7) is 0.726. The molecule has 4 heteroatoms. The van der Waals surface area contributed by atoms with Crippen LogP contribution in [0.4, 0.5) is 0 Å². The van der Waals surface area contributed by atoms with E-state index in [1.165, 1.54) is 0 Å². The number of rotatable bonds is 3. The van der Waals surface area contributed by atoms with Crippen molar-refractivity contribution in [1.29, 1.82) is 0 Å². The molecule has 0 aliphatic heterocycles. The van der Waals surface area contributed by atoms with Gasteiger partial charge in [0.25, 0.3) is 5.91 Å². The minimum atomic E-state index is -0.108. The molecular formula is C14H16ClNO2. The molecule has 0 heterocycles. The first-order valence-electron chi connectivity index (χ1n) is 6.37. The highest BCUT2D eigenvalue weighted by Gasteiger charge is 2.55. The molecular weight excluding hydrogens is 250 g/mol. The average Bonchev–Trinajstić information content (AvgIpc) is 2.81. The highest BCUT2D eigenvalue weighted by atomic mass is 35.5. The smallest absolute Gasteiger partial charge is 0.251 e. The van der Waals surface area contributed by atoms with Gasteiger partial charge in [-0.3, -0.25) is 4.79 Å².